The van der Waals surface area contributed by atoms with Crippen LogP contribution in [0.3, 0.4) is 0 Å². The molecular weight excluding hydrogens is 295 g/mol. The molecule has 0 atom stereocenters. The number of carbonyl (C=O) groups excluding carboxylic acids is 1. The third kappa shape index (κ3) is 7.31. The van der Waals surface area contributed by atoms with Gasteiger partial charge in [-0.25, -0.2) is 0 Å². The summed E-state index contributed by atoms with van der Waals surface area (Å²) in [6.07, 6.45) is -3.28. The molecule has 1 amide bonds. The van der Waals surface area contributed by atoms with Gasteiger partial charge in [-0.3, -0.25) is 4.79 Å². The van der Waals surface area contributed by atoms with Crippen LogP contribution in [0.25, 0.3) is 0 Å². The maximum atomic E-state index is 12.6. The first-order chi connectivity index (χ1) is 10.3. The van der Waals surface area contributed by atoms with Gasteiger partial charge < -0.3 is 15.5 Å². The predicted molar refractivity (Wildman–Crippen MR) is 80.7 cm³/mol. The number of halogens is 3. The molecule has 1 aromatic carbocycles. The van der Waals surface area contributed by atoms with Crippen LogP contribution in [0.15, 0.2) is 24.3 Å². The Balaban J connectivity index is 2.28. The molecule has 0 saturated carbocycles. The molecule has 2 N–H and O–H groups in total. The largest absolute Gasteiger partial charge is 0.416 e. The molecule has 22 heavy (non-hydrogen) atoms. The van der Waals surface area contributed by atoms with E-state index in [1.54, 1.807) is 6.07 Å². The minimum atomic E-state index is -4.36. The van der Waals surface area contributed by atoms with Gasteiger partial charge in [0.2, 0.25) is 5.91 Å². The Morgan fingerprint density at radius 3 is 2.59 bits per heavy atom. The molecule has 0 aliphatic rings. The Labute approximate surface area is 128 Å². The summed E-state index contributed by atoms with van der Waals surface area (Å²) >= 11 is 0. The number of hydrogen-bond donors (Lipinski definition) is 2. The van der Waals surface area contributed by atoms with Crippen LogP contribution in [0, 0.1) is 0 Å². The van der Waals surface area contributed by atoms with Gasteiger partial charge in [0.25, 0.3) is 0 Å². The van der Waals surface area contributed by atoms with Crippen molar-refractivity contribution in [1.82, 2.24) is 10.2 Å². The lowest BCUT2D eigenvalue weighted by atomic mass is 10.2. The molecule has 0 spiro atoms. The number of alkyl halides is 3. The van der Waals surface area contributed by atoms with Gasteiger partial charge in [-0.2, -0.15) is 13.2 Å². The summed E-state index contributed by atoms with van der Waals surface area (Å²) in [5, 5.41) is 5.60. The van der Waals surface area contributed by atoms with Crippen molar-refractivity contribution in [2.24, 2.45) is 0 Å². The third-order valence-corrected chi connectivity index (χ3v) is 2.98. The Morgan fingerprint density at radius 1 is 1.23 bits per heavy atom. The zero-order valence-corrected chi connectivity index (χ0v) is 12.8. The van der Waals surface area contributed by atoms with E-state index in [9.17, 15) is 18.0 Å². The van der Waals surface area contributed by atoms with Crippen LogP contribution in [-0.2, 0) is 11.0 Å². The lowest BCUT2D eigenvalue weighted by Gasteiger charge is -2.11. The smallest absolute Gasteiger partial charge is 0.385 e. The molecule has 7 heteroatoms. The summed E-state index contributed by atoms with van der Waals surface area (Å²) in [5.74, 6) is -0.113. The maximum absolute atomic E-state index is 12.6. The van der Waals surface area contributed by atoms with E-state index in [4.69, 9.17) is 0 Å². The zero-order valence-electron chi connectivity index (χ0n) is 12.8. The van der Waals surface area contributed by atoms with Crippen molar-refractivity contribution in [3.05, 3.63) is 29.8 Å². The molecule has 0 aliphatic heterocycles. The quantitative estimate of drug-likeness (QED) is 0.724. The fourth-order valence-electron chi connectivity index (χ4n) is 1.84. The first-order valence-corrected chi connectivity index (χ1v) is 7.11. The van der Waals surface area contributed by atoms with Gasteiger partial charge in [0, 0.05) is 25.2 Å². The number of anilines is 1. The highest BCUT2D eigenvalue weighted by atomic mass is 19.4. The molecule has 0 fully saturated rings. The van der Waals surface area contributed by atoms with Crippen LogP contribution in [0.1, 0.15) is 18.4 Å². The summed E-state index contributed by atoms with van der Waals surface area (Å²) in [4.78, 5) is 13.6. The van der Waals surface area contributed by atoms with E-state index in [-0.39, 0.29) is 12.3 Å². The number of nitrogens with one attached hydrogen (secondary N) is 2. The van der Waals surface area contributed by atoms with E-state index in [1.165, 1.54) is 6.07 Å². The Hall–Kier alpha value is -1.76. The van der Waals surface area contributed by atoms with Crippen molar-refractivity contribution in [2.45, 2.75) is 19.0 Å². The van der Waals surface area contributed by atoms with Crippen LogP contribution in [0.2, 0.25) is 0 Å². The highest BCUT2D eigenvalue weighted by Crippen LogP contribution is 2.30. The molecule has 4 nitrogen and oxygen atoms in total. The average Bonchev–Trinajstić information content (AvgIpc) is 2.43. The minimum absolute atomic E-state index is 0.113. The van der Waals surface area contributed by atoms with E-state index in [0.29, 0.717) is 18.8 Å². The highest BCUT2D eigenvalue weighted by Gasteiger charge is 2.30. The molecule has 0 radical (unpaired) electrons. The number of amides is 1. The lowest BCUT2D eigenvalue weighted by molar-refractivity contribution is -0.137. The fourth-order valence-corrected chi connectivity index (χ4v) is 1.84. The highest BCUT2D eigenvalue weighted by molar-refractivity contribution is 5.76. The van der Waals surface area contributed by atoms with Gasteiger partial charge >= 0.3 is 6.18 Å². The minimum Gasteiger partial charge on any atom is -0.385 e. The first kappa shape index (κ1) is 18.3. The summed E-state index contributed by atoms with van der Waals surface area (Å²) in [6.45, 7) is 1.78. The second-order valence-corrected chi connectivity index (χ2v) is 5.26. The second-order valence-electron chi connectivity index (χ2n) is 5.26. The maximum Gasteiger partial charge on any atom is 0.416 e. The van der Waals surface area contributed by atoms with Crippen molar-refractivity contribution >= 4 is 11.6 Å². The molecule has 1 rings (SSSR count). The average molecular weight is 317 g/mol. The number of carbonyl (C=O) groups is 1. The number of benzene rings is 1. The van der Waals surface area contributed by atoms with E-state index in [1.807, 2.05) is 19.0 Å². The van der Waals surface area contributed by atoms with Crippen molar-refractivity contribution in [1.29, 1.82) is 0 Å². The van der Waals surface area contributed by atoms with Crippen LogP contribution in [0.5, 0.6) is 0 Å². The van der Waals surface area contributed by atoms with Crippen LogP contribution in [0.4, 0.5) is 18.9 Å². The van der Waals surface area contributed by atoms with Gasteiger partial charge in [0.15, 0.2) is 0 Å². The molecule has 124 valence electrons. The normalized spacial score (nSPS) is 11.5. The number of nitrogens with zero attached hydrogens (tertiary/aromatic N) is 1. The Kier molecular flexibility index (Phi) is 7.17. The van der Waals surface area contributed by atoms with Crippen molar-refractivity contribution in [3.8, 4) is 0 Å². The molecule has 0 aromatic heterocycles. The molecule has 0 bridgehead atoms. The Morgan fingerprint density at radius 2 is 1.95 bits per heavy atom. The van der Waals surface area contributed by atoms with Gasteiger partial charge in [-0.05, 0) is 45.3 Å². The van der Waals surface area contributed by atoms with E-state index < -0.39 is 11.7 Å². The topological polar surface area (TPSA) is 44.4 Å². The van der Waals surface area contributed by atoms with Crippen molar-refractivity contribution in [3.63, 3.8) is 0 Å². The summed E-state index contributed by atoms with van der Waals surface area (Å²) < 4.78 is 37.7. The van der Waals surface area contributed by atoms with Gasteiger partial charge in [-0.1, -0.05) is 6.07 Å². The van der Waals surface area contributed by atoms with E-state index in [2.05, 4.69) is 10.6 Å². The number of hydrogen-bond acceptors (Lipinski definition) is 3. The second kappa shape index (κ2) is 8.63. The molecule has 0 unspecified atom stereocenters. The van der Waals surface area contributed by atoms with Crippen LogP contribution >= 0.6 is 0 Å². The van der Waals surface area contributed by atoms with Crippen LogP contribution < -0.4 is 10.6 Å². The van der Waals surface area contributed by atoms with E-state index in [0.717, 1.165) is 25.1 Å². The molecule has 0 heterocycles. The Bertz CT molecular complexity index is 475. The van der Waals surface area contributed by atoms with Crippen LogP contribution in [-0.4, -0.2) is 44.5 Å². The van der Waals surface area contributed by atoms with Gasteiger partial charge in [0.1, 0.15) is 0 Å². The predicted octanol–water partition coefficient (Wildman–Crippen LogP) is 2.58. The first-order valence-electron chi connectivity index (χ1n) is 7.11. The SMILES string of the molecule is CN(C)CCCNC(=O)CCNc1cccc(C(F)(F)F)c1. The third-order valence-electron chi connectivity index (χ3n) is 2.98. The molecule has 0 aliphatic carbocycles. The van der Waals surface area contributed by atoms with E-state index >= 15 is 0 Å². The van der Waals surface area contributed by atoms with Gasteiger partial charge in [0.05, 0.1) is 5.56 Å². The number of rotatable bonds is 8. The summed E-state index contributed by atoms with van der Waals surface area (Å²) in [6, 6.07) is 4.94. The fraction of sp³-hybridized carbons (Fsp3) is 0.533. The standard InChI is InChI=1S/C15H22F3N3O/c1-21(2)10-4-8-20-14(22)7-9-19-13-6-3-5-12(11-13)15(16,17)18/h3,5-6,11,19H,4,7-10H2,1-2H3,(H,20,22). The monoisotopic (exact) mass is 317 g/mol. The van der Waals surface area contributed by atoms with Crippen molar-refractivity contribution in [2.75, 3.05) is 39.0 Å². The van der Waals surface area contributed by atoms with Crippen molar-refractivity contribution < 1.29 is 18.0 Å². The summed E-state index contributed by atoms with van der Waals surface area (Å²) in [5.41, 5.74) is -0.346. The summed E-state index contributed by atoms with van der Waals surface area (Å²) in [7, 11) is 3.92. The molecular formula is C15H22F3N3O. The molecule has 0 saturated heterocycles. The molecule has 1 aromatic rings. The zero-order chi connectivity index (χ0) is 16.6. The van der Waals surface area contributed by atoms with Gasteiger partial charge in [-0.15, -0.1) is 0 Å². The lowest BCUT2D eigenvalue weighted by Crippen LogP contribution is -2.28.